The third-order valence-corrected chi connectivity index (χ3v) is 1.13. The Balaban J connectivity index is 2.70. The molecular formula is C7H9N5O. The molecule has 1 aromatic rings. The number of nitrogens with two attached hydrogens (primary N) is 2. The smallest absolute Gasteiger partial charge is 0.211 e. The van der Waals surface area contributed by atoms with Gasteiger partial charge in [-0.1, -0.05) is 0 Å². The highest BCUT2D eigenvalue weighted by Gasteiger charge is 1.89. The van der Waals surface area contributed by atoms with Gasteiger partial charge in [0.15, 0.2) is 0 Å². The van der Waals surface area contributed by atoms with Crippen molar-refractivity contribution in [1.82, 2.24) is 4.98 Å². The summed E-state index contributed by atoms with van der Waals surface area (Å²) < 4.78 is 0. The molecule has 0 unspecified atom stereocenters. The van der Waals surface area contributed by atoms with Crippen molar-refractivity contribution < 1.29 is 5.11 Å². The quantitative estimate of drug-likeness (QED) is 0.319. The number of rotatable bonds is 2. The molecule has 1 heterocycles. The van der Waals surface area contributed by atoms with Crippen LogP contribution in [0.1, 0.15) is 5.69 Å². The van der Waals surface area contributed by atoms with E-state index >= 15 is 0 Å². The lowest BCUT2D eigenvalue weighted by atomic mass is 10.4. The highest BCUT2D eigenvalue weighted by atomic mass is 16.3. The van der Waals surface area contributed by atoms with Gasteiger partial charge in [-0.05, 0) is 12.1 Å². The van der Waals surface area contributed by atoms with Gasteiger partial charge in [0, 0.05) is 0 Å². The van der Waals surface area contributed by atoms with Crippen LogP contribution >= 0.6 is 0 Å². The third kappa shape index (κ3) is 3.19. The Morgan fingerprint density at radius 3 is 2.77 bits per heavy atom. The van der Waals surface area contributed by atoms with Crippen LogP contribution in [0, 0.1) is 0 Å². The molecule has 0 saturated carbocycles. The summed E-state index contributed by atoms with van der Waals surface area (Å²) in [5, 5.41) is 15.8. The van der Waals surface area contributed by atoms with E-state index in [1.54, 1.807) is 6.07 Å². The number of aromatic nitrogens is 1. The van der Waals surface area contributed by atoms with E-state index in [4.69, 9.17) is 16.6 Å². The monoisotopic (exact) mass is 179 g/mol. The fourth-order valence-corrected chi connectivity index (χ4v) is 0.629. The van der Waals surface area contributed by atoms with Crippen LogP contribution in [-0.4, -0.2) is 22.3 Å². The number of guanidine groups is 1. The van der Waals surface area contributed by atoms with Crippen molar-refractivity contribution in [3.63, 3.8) is 0 Å². The van der Waals surface area contributed by atoms with E-state index < -0.39 is 0 Å². The number of hydrogen-bond acceptors (Lipinski definition) is 4. The van der Waals surface area contributed by atoms with Gasteiger partial charge >= 0.3 is 0 Å². The molecule has 1 rings (SSSR count). The number of pyridine rings is 1. The van der Waals surface area contributed by atoms with Gasteiger partial charge in [0.2, 0.25) is 5.96 Å². The predicted molar refractivity (Wildman–Crippen MR) is 49.3 cm³/mol. The van der Waals surface area contributed by atoms with Crippen LogP contribution < -0.4 is 11.5 Å². The van der Waals surface area contributed by atoms with Crippen molar-refractivity contribution in [1.29, 1.82) is 0 Å². The first-order valence-corrected chi connectivity index (χ1v) is 3.45. The van der Waals surface area contributed by atoms with Gasteiger partial charge in [-0.3, -0.25) is 4.98 Å². The van der Waals surface area contributed by atoms with Crippen molar-refractivity contribution in [3.05, 3.63) is 24.0 Å². The molecular weight excluding hydrogens is 170 g/mol. The van der Waals surface area contributed by atoms with Crippen molar-refractivity contribution in [2.45, 2.75) is 0 Å². The van der Waals surface area contributed by atoms with Crippen molar-refractivity contribution in [2.75, 3.05) is 0 Å². The summed E-state index contributed by atoms with van der Waals surface area (Å²) in [6.07, 6.45) is 2.68. The van der Waals surface area contributed by atoms with Gasteiger partial charge in [-0.2, -0.15) is 5.10 Å². The summed E-state index contributed by atoms with van der Waals surface area (Å²) in [7, 11) is 0. The van der Waals surface area contributed by atoms with Crippen LogP contribution in [0.5, 0.6) is 5.75 Å². The zero-order chi connectivity index (χ0) is 9.68. The maximum atomic E-state index is 8.90. The van der Waals surface area contributed by atoms with Gasteiger partial charge in [-0.25, -0.2) is 0 Å². The Kier molecular flexibility index (Phi) is 2.80. The predicted octanol–water partition coefficient (Wildman–Crippen LogP) is -0.606. The first kappa shape index (κ1) is 8.98. The van der Waals surface area contributed by atoms with E-state index in [2.05, 4.69) is 15.2 Å². The van der Waals surface area contributed by atoms with Gasteiger partial charge < -0.3 is 16.6 Å². The second-order valence-corrected chi connectivity index (χ2v) is 2.21. The largest absolute Gasteiger partial charge is 0.506 e. The summed E-state index contributed by atoms with van der Waals surface area (Å²) in [6.45, 7) is 0. The first-order chi connectivity index (χ1) is 6.18. The van der Waals surface area contributed by atoms with Crippen LogP contribution in [0.2, 0.25) is 0 Å². The van der Waals surface area contributed by atoms with E-state index in [-0.39, 0.29) is 11.7 Å². The summed E-state index contributed by atoms with van der Waals surface area (Å²) >= 11 is 0. The normalized spacial score (nSPS) is 10.2. The lowest BCUT2D eigenvalue weighted by molar-refractivity contribution is 0.472. The van der Waals surface area contributed by atoms with E-state index in [9.17, 15) is 0 Å². The number of aromatic hydroxyl groups is 1. The molecule has 6 heteroatoms. The molecule has 0 aromatic carbocycles. The molecule has 0 aliphatic heterocycles. The SMILES string of the molecule is NC(N)=N/N=C/c1ccc(O)cn1. The molecule has 0 spiro atoms. The van der Waals surface area contributed by atoms with Crippen molar-refractivity contribution >= 4 is 12.2 Å². The maximum Gasteiger partial charge on any atom is 0.211 e. The molecule has 5 N–H and O–H groups in total. The lowest BCUT2D eigenvalue weighted by Crippen LogP contribution is -2.21. The topological polar surface area (TPSA) is 110 Å². The van der Waals surface area contributed by atoms with E-state index in [0.29, 0.717) is 5.69 Å². The van der Waals surface area contributed by atoms with Gasteiger partial charge in [0.05, 0.1) is 18.1 Å². The second-order valence-electron chi connectivity index (χ2n) is 2.21. The minimum Gasteiger partial charge on any atom is -0.506 e. The van der Waals surface area contributed by atoms with E-state index in [1.807, 2.05) is 0 Å². The number of hydrogen-bond donors (Lipinski definition) is 3. The minimum absolute atomic E-state index is 0.0963. The molecule has 0 saturated heterocycles. The fraction of sp³-hybridized carbons (Fsp3) is 0. The van der Waals surface area contributed by atoms with Crippen LogP contribution in [0.3, 0.4) is 0 Å². The van der Waals surface area contributed by atoms with Crippen molar-refractivity contribution in [3.8, 4) is 5.75 Å². The molecule has 68 valence electrons. The zero-order valence-electron chi connectivity index (χ0n) is 6.75. The standard InChI is InChI=1S/C7H9N5O/c8-7(9)12-11-3-5-1-2-6(13)4-10-5/h1-4,13H,(H4,8,9,12)/b11-3+. The summed E-state index contributed by atoms with van der Waals surface area (Å²) in [4.78, 5) is 3.82. The molecule has 13 heavy (non-hydrogen) atoms. The Morgan fingerprint density at radius 1 is 1.46 bits per heavy atom. The molecule has 0 atom stereocenters. The summed E-state index contributed by atoms with van der Waals surface area (Å²) in [6, 6.07) is 3.07. The van der Waals surface area contributed by atoms with E-state index in [1.165, 1.54) is 18.5 Å². The molecule has 0 aliphatic carbocycles. The second kappa shape index (κ2) is 4.05. The summed E-state index contributed by atoms with van der Waals surface area (Å²) in [5.74, 6) is -0.0194. The molecule has 0 aliphatic rings. The average molecular weight is 179 g/mol. The fourth-order valence-electron chi connectivity index (χ4n) is 0.629. The van der Waals surface area contributed by atoms with Crippen LogP contribution in [0.4, 0.5) is 0 Å². The van der Waals surface area contributed by atoms with Gasteiger partial charge in [0.1, 0.15) is 5.75 Å². The van der Waals surface area contributed by atoms with E-state index in [0.717, 1.165) is 0 Å². The molecule has 0 bridgehead atoms. The Bertz CT molecular complexity index is 325. The molecule has 0 fully saturated rings. The third-order valence-electron chi connectivity index (χ3n) is 1.13. The highest BCUT2D eigenvalue weighted by Crippen LogP contribution is 2.03. The average Bonchev–Trinajstić information content (AvgIpc) is 2.08. The maximum absolute atomic E-state index is 8.90. The van der Waals surface area contributed by atoms with Gasteiger partial charge in [0.25, 0.3) is 0 Å². The highest BCUT2D eigenvalue weighted by molar-refractivity contribution is 5.79. The van der Waals surface area contributed by atoms with Crippen LogP contribution in [0.25, 0.3) is 0 Å². The summed E-state index contributed by atoms with van der Waals surface area (Å²) in [5.41, 5.74) is 10.6. The van der Waals surface area contributed by atoms with Gasteiger partial charge in [-0.15, -0.1) is 5.10 Å². The van der Waals surface area contributed by atoms with Crippen LogP contribution in [0.15, 0.2) is 28.5 Å². The number of nitrogens with zero attached hydrogens (tertiary/aromatic N) is 3. The Labute approximate surface area is 74.6 Å². The molecule has 0 amide bonds. The molecule has 1 aromatic heterocycles. The first-order valence-electron chi connectivity index (χ1n) is 3.45. The van der Waals surface area contributed by atoms with Crippen molar-refractivity contribution in [2.24, 2.45) is 21.7 Å². The lowest BCUT2D eigenvalue weighted by Gasteiger charge is -1.90. The Hall–Kier alpha value is -2.11. The molecule has 0 radical (unpaired) electrons. The minimum atomic E-state index is -0.116. The zero-order valence-corrected chi connectivity index (χ0v) is 6.75. The van der Waals surface area contributed by atoms with Crippen LogP contribution in [-0.2, 0) is 0 Å². The Morgan fingerprint density at radius 2 is 2.23 bits per heavy atom. The molecule has 6 nitrogen and oxygen atoms in total.